The van der Waals surface area contributed by atoms with Crippen molar-refractivity contribution in [2.24, 2.45) is 5.92 Å². The fourth-order valence-electron chi connectivity index (χ4n) is 4.32. The molecule has 0 saturated carbocycles. The van der Waals surface area contributed by atoms with E-state index in [1.807, 2.05) is 37.3 Å². The molecule has 1 saturated heterocycles. The van der Waals surface area contributed by atoms with E-state index in [-0.39, 0.29) is 30.5 Å². The minimum atomic E-state index is -0.856. The van der Waals surface area contributed by atoms with Crippen LogP contribution in [0.4, 0.5) is 0 Å². The van der Waals surface area contributed by atoms with E-state index in [4.69, 9.17) is 21.1 Å². The number of aliphatic carboxylic acids is 1. The molecule has 166 valence electrons. The molecule has 0 aromatic heterocycles. The van der Waals surface area contributed by atoms with Gasteiger partial charge in [-0.15, -0.1) is 0 Å². The predicted octanol–water partition coefficient (Wildman–Crippen LogP) is 6.58. The Morgan fingerprint density at radius 3 is 2.58 bits per heavy atom. The van der Waals surface area contributed by atoms with Gasteiger partial charge in [0.25, 0.3) is 0 Å². The highest BCUT2D eigenvalue weighted by molar-refractivity contribution is 6.30. The third kappa shape index (κ3) is 5.69. The quantitative estimate of drug-likeness (QED) is 0.469. The van der Waals surface area contributed by atoms with Gasteiger partial charge in [-0.25, -0.2) is 0 Å². The number of hydrogen-bond donors (Lipinski definition) is 1. The number of ether oxygens (including phenoxy) is 2. The highest BCUT2D eigenvalue weighted by Gasteiger charge is 2.39. The second-order valence-corrected chi connectivity index (χ2v) is 8.84. The highest BCUT2D eigenvalue weighted by atomic mass is 35.5. The van der Waals surface area contributed by atoms with Crippen LogP contribution >= 0.6 is 11.6 Å². The van der Waals surface area contributed by atoms with Gasteiger partial charge < -0.3 is 14.6 Å². The van der Waals surface area contributed by atoms with E-state index in [2.05, 4.69) is 32.6 Å². The molecule has 1 fully saturated rings. The molecule has 0 radical (unpaired) electrons. The largest absolute Gasteiger partial charge is 0.493 e. The van der Waals surface area contributed by atoms with Crippen molar-refractivity contribution in [3.05, 3.63) is 76.3 Å². The molecule has 31 heavy (non-hydrogen) atoms. The minimum absolute atomic E-state index is 0.0241. The van der Waals surface area contributed by atoms with Crippen molar-refractivity contribution in [3.8, 4) is 5.75 Å². The molecule has 5 heteroatoms. The van der Waals surface area contributed by atoms with Crippen LogP contribution in [0.2, 0.25) is 5.02 Å². The molecule has 1 aliphatic rings. The summed E-state index contributed by atoms with van der Waals surface area (Å²) in [7, 11) is 0. The number of halogens is 1. The maximum atomic E-state index is 11.3. The van der Waals surface area contributed by atoms with Gasteiger partial charge in [-0.1, -0.05) is 48.9 Å². The second-order valence-electron chi connectivity index (χ2n) is 8.40. The van der Waals surface area contributed by atoms with Crippen molar-refractivity contribution in [1.29, 1.82) is 0 Å². The first kappa shape index (κ1) is 23.4. The smallest absolute Gasteiger partial charge is 0.307 e. The van der Waals surface area contributed by atoms with Gasteiger partial charge in [0.2, 0.25) is 0 Å². The maximum Gasteiger partial charge on any atom is 0.307 e. The molecule has 0 spiro atoms. The Morgan fingerprint density at radius 1 is 1.26 bits per heavy atom. The number of carboxylic acid groups (broad SMARTS) is 1. The zero-order valence-corrected chi connectivity index (χ0v) is 19.2. The van der Waals surface area contributed by atoms with E-state index in [9.17, 15) is 9.90 Å². The number of carboxylic acids is 1. The Kier molecular flexibility index (Phi) is 7.79. The average Bonchev–Trinajstić information content (AvgIpc) is 2.72. The van der Waals surface area contributed by atoms with Gasteiger partial charge in [0.15, 0.2) is 0 Å². The van der Waals surface area contributed by atoms with Crippen LogP contribution in [0.15, 0.2) is 54.6 Å². The van der Waals surface area contributed by atoms with E-state index in [1.165, 1.54) is 5.56 Å². The standard InChI is InChI=1S/C26H31ClO4/c1-5-12-30-24-11-6-18(14-25(28)29)13-23(24)26-21(16(2)3)15-22(17(4)31-26)19-7-9-20(27)10-8-19/h6-11,13,17,21-22,26H,2,5,12,14-15H2,1,3-4H3,(H,28,29)/t17-,21+,22+,26-/m0/s1. The highest BCUT2D eigenvalue weighted by Crippen LogP contribution is 2.48. The Labute approximate surface area is 189 Å². The topological polar surface area (TPSA) is 55.8 Å². The van der Waals surface area contributed by atoms with E-state index >= 15 is 0 Å². The number of hydrogen-bond acceptors (Lipinski definition) is 3. The summed E-state index contributed by atoms with van der Waals surface area (Å²) in [6, 6.07) is 13.6. The second kappa shape index (κ2) is 10.3. The average molecular weight is 443 g/mol. The summed E-state index contributed by atoms with van der Waals surface area (Å²) in [6.45, 7) is 11.0. The van der Waals surface area contributed by atoms with Gasteiger partial charge in [0.05, 0.1) is 25.2 Å². The summed E-state index contributed by atoms with van der Waals surface area (Å²) >= 11 is 6.08. The Morgan fingerprint density at radius 2 is 1.97 bits per heavy atom. The third-order valence-corrected chi connectivity index (χ3v) is 6.18. The Balaban J connectivity index is 1.97. The van der Waals surface area contributed by atoms with Crippen molar-refractivity contribution in [2.75, 3.05) is 6.61 Å². The first-order valence-electron chi connectivity index (χ1n) is 10.8. The molecule has 1 heterocycles. The zero-order valence-electron chi connectivity index (χ0n) is 18.4. The lowest BCUT2D eigenvalue weighted by Crippen LogP contribution is -2.34. The van der Waals surface area contributed by atoms with Crippen LogP contribution in [0.5, 0.6) is 5.75 Å². The molecule has 0 bridgehead atoms. The molecule has 0 aliphatic carbocycles. The van der Waals surface area contributed by atoms with Crippen molar-refractivity contribution in [2.45, 2.75) is 58.2 Å². The van der Waals surface area contributed by atoms with Gasteiger partial charge in [0, 0.05) is 22.4 Å². The molecule has 2 aromatic rings. The Bertz CT molecular complexity index is 922. The molecule has 0 unspecified atom stereocenters. The predicted molar refractivity (Wildman–Crippen MR) is 124 cm³/mol. The van der Waals surface area contributed by atoms with Crippen LogP contribution in [-0.2, 0) is 16.0 Å². The first-order valence-corrected chi connectivity index (χ1v) is 11.2. The molecule has 3 rings (SSSR count). The number of carbonyl (C=O) groups is 1. The lowest BCUT2D eigenvalue weighted by atomic mass is 9.75. The Hall–Kier alpha value is -2.30. The van der Waals surface area contributed by atoms with Crippen molar-refractivity contribution >= 4 is 17.6 Å². The molecule has 4 nitrogen and oxygen atoms in total. The molecular formula is C26H31ClO4. The zero-order chi connectivity index (χ0) is 22.5. The third-order valence-electron chi connectivity index (χ3n) is 5.93. The number of benzene rings is 2. The monoisotopic (exact) mass is 442 g/mol. The molecule has 2 aromatic carbocycles. The van der Waals surface area contributed by atoms with Gasteiger partial charge in [0.1, 0.15) is 5.75 Å². The normalized spacial score (nSPS) is 23.4. The number of rotatable bonds is 8. The molecule has 4 atom stereocenters. The van der Waals surface area contributed by atoms with Crippen molar-refractivity contribution in [1.82, 2.24) is 0 Å². The van der Waals surface area contributed by atoms with Crippen LogP contribution < -0.4 is 4.74 Å². The summed E-state index contributed by atoms with van der Waals surface area (Å²) in [6.07, 6.45) is 1.48. The molecular weight excluding hydrogens is 412 g/mol. The molecule has 1 aliphatic heterocycles. The van der Waals surface area contributed by atoms with E-state index in [0.29, 0.717) is 6.61 Å². The van der Waals surface area contributed by atoms with Gasteiger partial charge in [-0.05, 0) is 62.1 Å². The van der Waals surface area contributed by atoms with Crippen molar-refractivity contribution in [3.63, 3.8) is 0 Å². The van der Waals surface area contributed by atoms with Gasteiger partial charge >= 0.3 is 5.97 Å². The summed E-state index contributed by atoms with van der Waals surface area (Å²) < 4.78 is 12.6. The fraction of sp³-hybridized carbons (Fsp3) is 0.423. The van der Waals surface area contributed by atoms with Crippen LogP contribution in [0.1, 0.15) is 62.3 Å². The van der Waals surface area contributed by atoms with Crippen LogP contribution in [0.3, 0.4) is 0 Å². The molecule has 1 N–H and O–H groups in total. The summed E-state index contributed by atoms with van der Waals surface area (Å²) in [5.41, 5.74) is 3.88. The first-order chi connectivity index (χ1) is 14.8. The van der Waals surface area contributed by atoms with Crippen LogP contribution in [0, 0.1) is 5.92 Å². The minimum Gasteiger partial charge on any atom is -0.493 e. The van der Waals surface area contributed by atoms with Gasteiger partial charge in [-0.3, -0.25) is 4.79 Å². The van der Waals surface area contributed by atoms with Crippen LogP contribution in [-0.4, -0.2) is 23.8 Å². The van der Waals surface area contributed by atoms with Crippen molar-refractivity contribution < 1.29 is 19.4 Å². The summed E-state index contributed by atoms with van der Waals surface area (Å²) in [5, 5.41) is 9.97. The summed E-state index contributed by atoms with van der Waals surface area (Å²) in [4.78, 5) is 11.3. The van der Waals surface area contributed by atoms with E-state index < -0.39 is 5.97 Å². The lowest BCUT2D eigenvalue weighted by Gasteiger charge is -2.42. The van der Waals surface area contributed by atoms with E-state index in [0.717, 1.165) is 40.3 Å². The van der Waals surface area contributed by atoms with E-state index in [1.54, 1.807) is 0 Å². The SMILES string of the molecule is C=C(C)[C@H]1C[C@@H](c2ccc(Cl)cc2)[C@H](C)O[C@@H]1c1cc(CC(=O)O)ccc1OCCC. The van der Waals surface area contributed by atoms with Crippen LogP contribution in [0.25, 0.3) is 0 Å². The summed E-state index contributed by atoms with van der Waals surface area (Å²) in [5.74, 6) is 0.202. The fourth-order valence-corrected chi connectivity index (χ4v) is 4.45. The van der Waals surface area contributed by atoms with Gasteiger partial charge in [-0.2, -0.15) is 0 Å². The molecule has 0 amide bonds. The maximum absolute atomic E-state index is 11.3. The lowest BCUT2D eigenvalue weighted by molar-refractivity contribution is -0.136.